The lowest BCUT2D eigenvalue weighted by Gasteiger charge is -2.36. The Bertz CT molecular complexity index is 1290. The molecule has 4 heterocycles. The van der Waals surface area contributed by atoms with Crippen molar-refractivity contribution in [2.24, 2.45) is 0 Å². The Labute approximate surface area is 224 Å². The third kappa shape index (κ3) is 6.29. The molecule has 0 saturated carbocycles. The molecule has 1 aromatic carbocycles. The summed E-state index contributed by atoms with van der Waals surface area (Å²) in [7, 11) is 0. The first-order valence-corrected chi connectivity index (χ1v) is 13.0. The van der Waals surface area contributed by atoms with Gasteiger partial charge in [-0.25, -0.2) is 15.0 Å². The number of pyridine rings is 1. The second-order valence-electron chi connectivity index (χ2n) is 9.92. The van der Waals surface area contributed by atoms with Crippen LogP contribution in [0, 0.1) is 0 Å². The molecule has 12 heteroatoms. The van der Waals surface area contributed by atoms with Gasteiger partial charge in [0.2, 0.25) is 5.82 Å². The van der Waals surface area contributed by atoms with Crippen LogP contribution in [-0.2, 0) is 15.7 Å². The van der Waals surface area contributed by atoms with Crippen molar-refractivity contribution < 1.29 is 27.4 Å². The van der Waals surface area contributed by atoms with E-state index in [9.17, 15) is 18.0 Å². The minimum absolute atomic E-state index is 0.0952. The fraction of sp³-hybridized carbons (Fsp3) is 0.481. The highest BCUT2D eigenvalue weighted by Gasteiger charge is 2.35. The van der Waals surface area contributed by atoms with Gasteiger partial charge in [0.25, 0.3) is 5.91 Å². The smallest absolute Gasteiger partial charge is 0.379 e. The molecule has 1 N–H and O–H groups in total. The first-order chi connectivity index (χ1) is 18.7. The number of nitrogens with zero attached hydrogens (tertiary/aromatic N) is 5. The molecule has 2 saturated heterocycles. The molecule has 5 rings (SSSR count). The number of amides is 1. The second kappa shape index (κ2) is 11.4. The minimum atomic E-state index is -4.62. The molecule has 2 aliphatic rings. The number of benzene rings is 1. The normalized spacial score (nSPS) is 21.6. The summed E-state index contributed by atoms with van der Waals surface area (Å²) in [6.07, 6.45) is -2.07. The SMILES string of the molecule is CC1CN(c2ccc3c(C(=O)NCC(c4cnc(C(F)(F)F)nc4)N4CCOCC4)cccc3n2)CC(C)O1. The number of aromatic nitrogens is 3. The molecule has 2 fully saturated rings. The predicted molar refractivity (Wildman–Crippen MR) is 138 cm³/mol. The maximum absolute atomic E-state index is 13.3. The zero-order chi connectivity index (χ0) is 27.6. The number of rotatable bonds is 6. The maximum Gasteiger partial charge on any atom is 0.451 e. The summed E-state index contributed by atoms with van der Waals surface area (Å²) in [5, 5.41) is 3.68. The van der Waals surface area contributed by atoms with E-state index in [-0.39, 0.29) is 24.7 Å². The van der Waals surface area contributed by atoms with E-state index in [1.54, 1.807) is 12.1 Å². The third-order valence-electron chi connectivity index (χ3n) is 6.96. The Morgan fingerprint density at radius 3 is 2.44 bits per heavy atom. The van der Waals surface area contributed by atoms with Gasteiger partial charge in [0.15, 0.2) is 0 Å². The van der Waals surface area contributed by atoms with Crippen molar-refractivity contribution in [3.8, 4) is 0 Å². The van der Waals surface area contributed by atoms with E-state index in [0.717, 1.165) is 18.9 Å². The Balaban J connectivity index is 1.34. The lowest BCUT2D eigenvalue weighted by Crippen LogP contribution is -2.45. The Morgan fingerprint density at radius 2 is 1.77 bits per heavy atom. The number of anilines is 1. The summed E-state index contributed by atoms with van der Waals surface area (Å²) in [6, 6.07) is 8.81. The number of alkyl halides is 3. The van der Waals surface area contributed by atoms with Crippen LogP contribution in [-0.4, -0.2) is 83.9 Å². The molecule has 39 heavy (non-hydrogen) atoms. The van der Waals surface area contributed by atoms with E-state index >= 15 is 0 Å². The number of nitrogens with one attached hydrogen (secondary N) is 1. The molecule has 9 nitrogen and oxygen atoms in total. The number of halogens is 3. The van der Waals surface area contributed by atoms with Gasteiger partial charge in [0.05, 0.1) is 37.0 Å². The third-order valence-corrected chi connectivity index (χ3v) is 6.96. The van der Waals surface area contributed by atoms with E-state index in [0.29, 0.717) is 48.3 Å². The van der Waals surface area contributed by atoms with Gasteiger partial charge < -0.3 is 19.7 Å². The van der Waals surface area contributed by atoms with Crippen LogP contribution in [0.3, 0.4) is 0 Å². The van der Waals surface area contributed by atoms with Gasteiger partial charge in [-0.1, -0.05) is 6.07 Å². The van der Waals surface area contributed by atoms with Gasteiger partial charge in [0.1, 0.15) is 5.82 Å². The fourth-order valence-corrected chi connectivity index (χ4v) is 5.17. The molecule has 3 unspecified atom stereocenters. The van der Waals surface area contributed by atoms with E-state index in [4.69, 9.17) is 14.5 Å². The van der Waals surface area contributed by atoms with Crippen LogP contribution in [0.2, 0.25) is 0 Å². The van der Waals surface area contributed by atoms with Crippen molar-refractivity contribution in [1.82, 2.24) is 25.2 Å². The van der Waals surface area contributed by atoms with Crippen molar-refractivity contribution in [3.63, 3.8) is 0 Å². The first kappa shape index (κ1) is 27.2. The standard InChI is InChI=1S/C27H31F3N6O3/c1-17-15-36(16-18(2)39-17)24-7-6-20-21(4-3-5-22(20)34-24)25(37)31-14-23(35-8-10-38-11-9-35)19-12-32-26(33-13-19)27(28,29)30/h3-7,12-13,17-18,23H,8-11,14-16H2,1-2H3,(H,31,37). The Kier molecular flexibility index (Phi) is 7.96. The highest BCUT2D eigenvalue weighted by Crippen LogP contribution is 2.28. The monoisotopic (exact) mass is 544 g/mol. The molecule has 208 valence electrons. The molecule has 1 amide bonds. The quantitative estimate of drug-likeness (QED) is 0.505. The van der Waals surface area contributed by atoms with Gasteiger partial charge >= 0.3 is 6.18 Å². The minimum Gasteiger partial charge on any atom is -0.379 e. The van der Waals surface area contributed by atoms with Crippen molar-refractivity contribution in [1.29, 1.82) is 0 Å². The van der Waals surface area contributed by atoms with Gasteiger partial charge in [-0.05, 0) is 38.1 Å². The van der Waals surface area contributed by atoms with Gasteiger partial charge in [-0.3, -0.25) is 9.69 Å². The fourth-order valence-electron chi connectivity index (χ4n) is 5.17. The van der Waals surface area contributed by atoms with Crippen LogP contribution in [0.25, 0.3) is 10.9 Å². The number of hydrogen-bond acceptors (Lipinski definition) is 8. The number of morpholine rings is 2. The second-order valence-corrected chi connectivity index (χ2v) is 9.92. The topological polar surface area (TPSA) is 92.7 Å². The number of carbonyl (C=O) groups excluding carboxylic acids is 1. The molecule has 2 aliphatic heterocycles. The van der Waals surface area contributed by atoms with Gasteiger partial charge in [-0.15, -0.1) is 0 Å². The lowest BCUT2D eigenvalue weighted by atomic mass is 10.1. The lowest BCUT2D eigenvalue weighted by molar-refractivity contribution is -0.145. The van der Waals surface area contributed by atoms with Crippen molar-refractivity contribution >= 4 is 22.6 Å². The van der Waals surface area contributed by atoms with Gasteiger partial charge in [0, 0.05) is 61.6 Å². The maximum atomic E-state index is 13.3. The number of carbonyl (C=O) groups is 1. The van der Waals surface area contributed by atoms with Gasteiger partial charge in [-0.2, -0.15) is 13.2 Å². The van der Waals surface area contributed by atoms with E-state index in [1.165, 1.54) is 12.4 Å². The van der Waals surface area contributed by atoms with Crippen LogP contribution in [0.15, 0.2) is 42.7 Å². The van der Waals surface area contributed by atoms with E-state index < -0.39 is 18.0 Å². The largest absolute Gasteiger partial charge is 0.451 e. The summed E-state index contributed by atoms with van der Waals surface area (Å²) >= 11 is 0. The highest BCUT2D eigenvalue weighted by atomic mass is 19.4. The van der Waals surface area contributed by atoms with Crippen molar-refractivity contribution in [3.05, 3.63) is 59.7 Å². The van der Waals surface area contributed by atoms with Crippen LogP contribution in [0.1, 0.15) is 41.6 Å². The molecule has 0 spiro atoms. The molecule has 3 aromatic rings. The van der Waals surface area contributed by atoms with E-state index in [1.807, 2.05) is 32.0 Å². The van der Waals surface area contributed by atoms with Crippen LogP contribution < -0.4 is 10.2 Å². The van der Waals surface area contributed by atoms with Crippen LogP contribution in [0.4, 0.5) is 19.0 Å². The average molecular weight is 545 g/mol. The number of ether oxygens (including phenoxy) is 2. The molecule has 0 aliphatic carbocycles. The first-order valence-electron chi connectivity index (χ1n) is 13.0. The summed E-state index contributed by atoms with van der Waals surface area (Å²) in [6.45, 7) is 7.83. The van der Waals surface area contributed by atoms with Crippen LogP contribution >= 0.6 is 0 Å². The summed E-state index contributed by atoms with van der Waals surface area (Å²) in [4.78, 5) is 29.4. The highest BCUT2D eigenvalue weighted by molar-refractivity contribution is 6.06. The summed E-state index contributed by atoms with van der Waals surface area (Å²) in [5.74, 6) is -0.661. The average Bonchev–Trinajstić information content (AvgIpc) is 2.92. The summed E-state index contributed by atoms with van der Waals surface area (Å²) in [5.41, 5.74) is 1.66. The number of fused-ring (bicyclic) bond motifs is 1. The molecular weight excluding hydrogens is 513 g/mol. The number of hydrogen-bond donors (Lipinski definition) is 1. The zero-order valence-electron chi connectivity index (χ0n) is 21.8. The van der Waals surface area contributed by atoms with Crippen molar-refractivity contribution in [2.75, 3.05) is 50.8 Å². The molecular formula is C27H31F3N6O3. The molecule has 2 aromatic heterocycles. The molecule has 0 bridgehead atoms. The summed E-state index contributed by atoms with van der Waals surface area (Å²) < 4.78 is 50.2. The Morgan fingerprint density at radius 1 is 1.08 bits per heavy atom. The molecule has 0 radical (unpaired) electrons. The van der Waals surface area contributed by atoms with E-state index in [2.05, 4.69) is 25.1 Å². The van der Waals surface area contributed by atoms with Crippen LogP contribution in [0.5, 0.6) is 0 Å². The predicted octanol–water partition coefficient (Wildman–Crippen LogP) is 3.46. The zero-order valence-corrected chi connectivity index (χ0v) is 21.8. The molecule has 3 atom stereocenters. The Hall–Kier alpha value is -3.35. The van der Waals surface area contributed by atoms with Crippen molar-refractivity contribution in [2.45, 2.75) is 38.3 Å².